The molecule has 0 saturated heterocycles. The molecule has 0 spiro atoms. The van der Waals surface area contributed by atoms with E-state index in [9.17, 15) is 9.18 Å². The number of carbonyl (C=O) groups excluding carboxylic acids is 1. The number of halogens is 1. The number of nitrogens with one attached hydrogen (secondary N) is 2. The van der Waals surface area contributed by atoms with E-state index >= 15 is 0 Å². The van der Waals surface area contributed by atoms with Crippen LogP contribution in [0.4, 0.5) is 4.39 Å². The molecule has 3 rings (SSSR count). The third-order valence-electron chi connectivity index (χ3n) is 4.93. The lowest BCUT2D eigenvalue weighted by Crippen LogP contribution is -2.49. The van der Waals surface area contributed by atoms with Gasteiger partial charge in [0, 0.05) is 23.0 Å². The second-order valence-corrected chi connectivity index (χ2v) is 8.65. The van der Waals surface area contributed by atoms with E-state index < -0.39 is 5.91 Å². The van der Waals surface area contributed by atoms with Crippen LogP contribution in [0.2, 0.25) is 0 Å². The number of rotatable bonds is 8. The molecule has 2 aromatic carbocycles. The van der Waals surface area contributed by atoms with Gasteiger partial charge in [0.15, 0.2) is 0 Å². The molecule has 3 atom stereocenters. The SMILES string of the molecule is CNCCN=C1N=C(O[C@@H](C)c2ccc(F)cc2)C(Sc2ccc(C(N)=O)cc2)C(C)N1. The average Bonchev–Trinajstić information content (AvgIpc) is 2.77. The number of ether oxygens (including phenoxy) is 1. The van der Waals surface area contributed by atoms with Crippen LogP contribution in [0.25, 0.3) is 0 Å². The first-order valence-corrected chi connectivity index (χ1v) is 11.3. The smallest absolute Gasteiger partial charge is 0.248 e. The van der Waals surface area contributed by atoms with E-state index in [-0.39, 0.29) is 23.2 Å². The monoisotopic (exact) mass is 457 g/mol. The standard InChI is InChI=1S/C23H28FN5O2S/c1-14-20(32-19-10-6-17(7-11-19)21(25)30)22(29-23(28-14)27-13-12-26-3)31-15(2)16-4-8-18(24)9-5-16/h4-11,14-15,20,26H,12-13H2,1-3H3,(H2,25,30)(H,27,28)/t14?,15-,20?/m0/s1. The minimum atomic E-state index is -0.463. The van der Waals surface area contributed by atoms with Gasteiger partial charge in [0.05, 0.1) is 6.54 Å². The molecule has 0 bridgehead atoms. The highest BCUT2D eigenvalue weighted by atomic mass is 32.2. The highest BCUT2D eigenvalue weighted by Gasteiger charge is 2.32. The van der Waals surface area contributed by atoms with Crippen LogP contribution in [0, 0.1) is 5.82 Å². The highest BCUT2D eigenvalue weighted by molar-refractivity contribution is 8.00. The maximum absolute atomic E-state index is 13.3. The summed E-state index contributed by atoms with van der Waals surface area (Å²) in [4.78, 5) is 21.5. The molecule has 1 heterocycles. The number of thioether (sulfide) groups is 1. The molecule has 2 aromatic rings. The van der Waals surface area contributed by atoms with E-state index in [0.29, 0.717) is 24.0 Å². The van der Waals surface area contributed by atoms with Crippen LogP contribution in [-0.4, -0.2) is 49.2 Å². The summed E-state index contributed by atoms with van der Waals surface area (Å²) in [5.74, 6) is 0.311. The molecule has 4 N–H and O–H groups in total. The number of hydrogen-bond acceptors (Lipinski definition) is 5. The van der Waals surface area contributed by atoms with Gasteiger partial charge in [-0.1, -0.05) is 12.1 Å². The summed E-state index contributed by atoms with van der Waals surface area (Å²) < 4.78 is 19.6. The molecule has 2 unspecified atom stereocenters. The topological polar surface area (TPSA) is 101 Å². The molecule has 170 valence electrons. The van der Waals surface area contributed by atoms with Crippen molar-refractivity contribution in [3.8, 4) is 0 Å². The molecule has 0 saturated carbocycles. The third kappa shape index (κ3) is 6.30. The van der Waals surface area contributed by atoms with Gasteiger partial charge in [-0.05, 0) is 62.9 Å². The second-order valence-electron chi connectivity index (χ2n) is 7.43. The van der Waals surface area contributed by atoms with Crippen molar-refractivity contribution in [3.63, 3.8) is 0 Å². The Labute approximate surface area is 191 Å². The Balaban J connectivity index is 1.84. The number of guanidine groups is 1. The van der Waals surface area contributed by atoms with Gasteiger partial charge in [-0.2, -0.15) is 4.99 Å². The Bertz CT molecular complexity index is 979. The molecule has 0 fully saturated rings. The zero-order valence-corrected chi connectivity index (χ0v) is 19.2. The lowest BCUT2D eigenvalue weighted by atomic mass is 10.1. The number of primary amides is 1. The van der Waals surface area contributed by atoms with Crippen LogP contribution in [0.5, 0.6) is 0 Å². The fraction of sp³-hybridized carbons (Fsp3) is 0.348. The normalized spacial score (nSPS) is 20.4. The van der Waals surface area contributed by atoms with Crippen molar-refractivity contribution in [3.05, 3.63) is 65.5 Å². The zero-order chi connectivity index (χ0) is 23.1. The summed E-state index contributed by atoms with van der Waals surface area (Å²) in [6.45, 7) is 5.27. The molecule has 9 heteroatoms. The van der Waals surface area contributed by atoms with Crippen molar-refractivity contribution in [2.24, 2.45) is 15.7 Å². The summed E-state index contributed by atoms with van der Waals surface area (Å²) in [5, 5.41) is 6.26. The van der Waals surface area contributed by atoms with Crippen LogP contribution < -0.4 is 16.4 Å². The summed E-state index contributed by atoms with van der Waals surface area (Å²) in [6, 6.07) is 13.3. The van der Waals surface area contributed by atoms with Crippen LogP contribution in [0.3, 0.4) is 0 Å². The van der Waals surface area contributed by atoms with Gasteiger partial charge in [-0.3, -0.25) is 4.79 Å². The minimum absolute atomic E-state index is 0.0166. The fourth-order valence-corrected chi connectivity index (χ4v) is 4.19. The molecule has 1 aliphatic rings. The van der Waals surface area contributed by atoms with Gasteiger partial charge in [-0.25, -0.2) is 9.38 Å². The molecular weight excluding hydrogens is 429 g/mol. The van der Waals surface area contributed by atoms with Crippen molar-refractivity contribution >= 4 is 29.5 Å². The predicted molar refractivity (Wildman–Crippen MR) is 127 cm³/mol. The van der Waals surface area contributed by atoms with E-state index in [4.69, 9.17) is 10.5 Å². The van der Waals surface area contributed by atoms with Gasteiger partial charge in [-0.15, -0.1) is 11.8 Å². The Morgan fingerprint density at radius 2 is 1.97 bits per heavy atom. The summed E-state index contributed by atoms with van der Waals surface area (Å²) >= 11 is 1.57. The fourth-order valence-electron chi connectivity index (χ4n) is 3.12. The highest BCUT2D eigenvalue weighted by Crippen LogP contribution is 2.31. The first kappa shape index (κ1) is 23.7. The Hall–Kier alpha value is -2.91. The Morgan fingerprint density at radius 3 is 2.59 bits per heavy atom. The lowest BCUT2D eigenvalue weighted by molar-refractivity contribution is 0.1000. The van der Waals surface area contributed by atoms with Gasteiger partial charge in [0.25, 0.3) is 0 Å². The number of aliphatic imine (C=N–C) groups is 2. The lowest BCUT2D eigenvalue weighted by Gasteiger charge is -2.32. The molecule has 7 nitrogen and oxygen atoms in total. The number of nitrogens with zero attached hydrogens (tertiary/aromatic N) is 2. The van der Waals surface area contributed by atoms with Gasteiger partial charge < -0.3 is 21.1 Å². The van der Waals surface area contributed by atoms with Crippen molar-refractivity contribution < 1.29 is 13.9 Å². The predicted octanol–water partition coefficient (Wildman–Crippen LogP) is 3.13. The zero-order valence-electron chi connectivity index (χ0n) is 18.3. The van der Waals surface area contributed by atoms with Gasteiger partial charge >= 0.3 is 0 Å². The number of carbonyl (C=O) groups is 1. The number of amides is 1. The molecule has 0 aliphatic carbocycles. The van der Waals surface area contributed by atoms with E-state index in [1.807, 2.05) is 33.0 Å². The van der Waals surface area contributed by atoms with Crippen LogP contribution >= 0.6 is 11.8 Å². The number of benzene rings is 2. The molecular formula is C23H28FN5O2S. The average molecular weight is 458 g/mol. The number of hydrogen-bond donors (Lipinski definition) is 3. The van der Waals surface area contributed by atoms with Crippen LogP contribution in [0.1, 0.15) is 35.9 Å². The second kappa shape index (κ2) is 11.1. The summed E-state index contributed by atoms with van der Waals surface area (Å²) in [5.41, 5.74) is 6.65. The quantitative estimate of drug-likeness (QED) is 0.529. The number of likely N-dealkylation sites (N-methyl/N-ethyl adjacent to an activating group) is 1. The summed E-state index contributed by atoms with van der Waals surface area (Å²) in [6.07, 6.45) is -0.321. The van der Waals surface area contributed by atoms with E-state index in [2.05, 4.69) is 20.6 Å². The molecule has 1 amide bonds. The number of nitrogens with two attached hydrogens (primary N) is 1. The first-order chi connectivity index (χ1) is 15.4. The van der Waals surface area contributed by atoms with E-state index in [1.54, 1.807) is 36.0 Å². The Morgan fingerprint density at radius 1 is 1.28 bits per heavy atom. The largest absolute Gasteiger partial charge is 0.472 e. The van der Waals surface area contributed by atoms with Gasteiger partial charge in [0.1, 0.15) is 17.2 Å². The molecule has 0 aromatic heterocycles. The third-order valence-corrected chi connectivity index (χ3v) is 6.34. The van der Waals surface area contributed by atoms with Crippen molar-refractivity contribution in [1.82, 2.24) is 10.6 Å². The molecule has 32 heavy (non-hydrogen) atoms. The molecule has 1 aliphatic heterocycles. The van der Waals surface area contributed by atoms with Crippen molar-refractivity contribution in [2.45, 2.75) is 36.1 Å². The van der Waals surface area contributed by atoms with Crippen molar-refractivity contribution in [2.75, 3.05) is 20.1 Å². The van der Waals surface area contributed by atoms with Crippen LogP contribution in [-0.2, 0) is 4.74 Å². The van der Waals surface area contributed by atoms with Crippen molar-refractivity contribution in [1.29, 1.82) is 0 Å². The van der Waals surface area contributed by atoms with E-state index in [1.165, 1.54) is 12.1 Å². The van der Waals surface area contributed by atoms with E-state index in [0.717, 1.165) is 17.0 Å². The van der Waals surface area contributed by atoms with Crippen LogP contribution in [0.15, 0.2) is 63.4 Å². The first-order valence-electron chi connectivity index (χ1n) is 10.4. The Kier molecular flexibility index (Phi) is 8.24. The van der Waals surface area contributed by atoms with Gasteiger partial charge in [0.2, 0.25) is 17.8 Å². The summed E-state index contributed by atoms with van der Waals surface area (Å²) in [7, 11) is 1.87. The maximum atomic E-state index is 13.3. The minimum Gasteiger partial charge on any atom is -0.472 e. The maximum Gasteiger partial charge on any atom is 0.248 e. The molecule has 0 radical (unpaired) electrons.